The van der Waals surface area contributed by atoms with Gasteiger partial charge in [-0.15, -0.1) is 0 Å². The number of sulfonamides is 1. The Morgan fingerprint density at radius 2 is 1.67 bits per heavy atom. The van der Waals surface area contributed by atoms with Crippen molar-refractivity contribution in [3.63, 3.8) is 0 Å². The number of halogens is 3. The molecular formula is C22H30F3N3O4S. The Hall–Kier alpha value is -1.69. The maximum atomic E-state index is 13.3. The molecule has 0 aromatic heterocycles. The lowest BCUT2D eigenvalue weighted by Gasteiger charge is -2.39. The van der Waals surface area contributed by atoms with Crippen LogP contribution in [0.15, 0.2) is 29.2 Å². The van der Waals surface area contributed by atoms with Gasteiger partial charge in [0, 0.05) is 58.3 Å². The SMILES string of the molecule is O=C(C1CCN(S(=O)(=O)c2ccccc2C(F)(F)F)CC1)N1CCN(CC2CCCO2)CC1. The van der Waals surface area contributed by atoms with E-state index in [1.807, 2.05) is 4.90 Å². The fourth-order valence-corrected chi connectivity index (χ4v) is 6.58. The monoisotopic (exact) mass is 489 g/mol. The molecule has 0 spiro atoms. The van der Waals surface area contributed by atoms with Crippen LogP contribution in [-0.4, -0.2) is 87.0 Å². The van der Waals surface area contributed by atoms with Gasteiger partial charge in [-0.2, -0.15) is 17.5 Å². The Morgan fingerprint density at radius 1 is 1.00 bits per heavy atom. The number of carbonyl (C=O) groups excluding carboxylic acids is 1. The van der Waals surface area contributed by atoms with E-state index in [0.29, 0.717) is 25.9 Å². The normalized spacial score (nSPS) is 24.3. The first-order valence-corrected chi connectivity index (χ1v) is 12.9. The van der Waals surface area contributed by atoms with E-state index < -0.39 is 26.7 Å². The molecule has 3 fully saturated rings. The van der Waals surface area contributed by atoms with E-state index in [2.05, 4.69) is 4.90 Å². The highest BCUT2D eigenvalue weighted by Gasteiger charge is 2.40. The Bertz CT molecular complexity index is 934. The fraction of sp³-hybridized carbons (Fsp3) is 0.682. The summed E-state index contributed by atoms with van der Waals surface area (Å²) in [6, 6.07) is 4.23. The van der Waals surface area contributed by atoms with Gasteiger partial charge >= 0.3 is 6.18 Å². The standard InChI is InChI=1S/C22H30F3N3O4S/c23-22(24,25)19-5-1-2-6-20(19)33(30,31)28-9-7-17(8-10-28)21(29)27-13-11-26(12-14-27)16-18-4-3-15-32-18/h1-2,5-6,17-18H,3-4,7-16H2. The molecule has 0 saturated carbocycles. The summed E-state index contributed by atoms with van der Waals surface area (Å²) in [5, 5.41) is 0. The minimum Gasteiger partial charge on any atom is -0.377 e. The highest BCUT2D eigenvalue weighted by atomic mass is 32.2. The lowest BCUT2D eigenvalue weighted by molar-refractivity contribution is -0.140. The summed E-state index contributed by atoms with van der Waals surface area (Å²) in [4.78, 5) is 16.4. The van der Waals surface area contributed by atoms with Crippen molar-refractivity contribution >= 4 is 15.9 Å². The molecular weight excluding hydrogens is 459 g/mol. The van der Waals surface area contributed by atoms with Gasteiger partial charge < -0.3 is 9.64 Å². The van der Waals surface area contributed by atoms with Crippen molar-refractivity contribution in [3.05, 3.63) is 29.8 Å². The molecule has 3 aliphatic heterocycles. The lowest BCUT2D eigenvalue weighted by atomic mass is 9.96. The van der Waals surface area contributed by atoms with E-state index >= 15 is 0 Å². The molecule has 0 aliphatic carbocycles. The van der Waals surface area contributed by atoms with Crippen LogP contribution in [0.5, 0.6) is 0 Å². The van der Waals surface area contributed by atoms with Gasteiger partial charge in [-0.05, 0) is 37.8 Å². The molecule has 11 heteroatoms. The fourth-order valence-electron chi connectivity index (χ4n) is 4.89. The average molecular weight is 490 g/mol. The molecule has 3 heterocycles. The number of piperidine rings is 1. The number of amides is 1. The first kappa shape index (κ1) is 24.4. The predicted molar refractivity (Wildman–Crippen MR) is 115 cm³/mol. The molecule has 0 N–H and O–H groups in total. The molecule has 1 atom stereocenters. The maximum absolute atomic E-state index is 13.3. The smallest absolute Gasteiger partial charge is 0.377 e. The first-order valence-electron chi connectivity index (χ1n) is 11.5. The second kappa shape index (κ2) is 9.89. The van der Waals surface area contributed by atoms with Gasteiger partial charge in [0.15, 0.2) is 0 Å². The molecule has 7 nitrogen and oxygen atoms in total. The molecule has 4 rings (SSSR count). The summed E-state index contributed by atoms with van der Waals surface area (Å²) in [7, 11) is -4.30. The third-order valence-corrected chi connectivity index (χ3v) is 8.74. The quantitative estimate of drug-likeness (QED) is 0.636. The maximum Gasteiger partial charge on any atom is 0.417 e. The van der Waals surface area contributed by atoms with Crippen LogP contribution < -0.4 is 0 Å². The number of hydrogen-bond donors (Lipinski definition) is 0. The van der Waals surface area contributed by atoms with Crippen LogP contribution >= 0.6 is 0 Å². The number of benzene rings is 1. The zero-order chi connectivity index (χ0) is 23.6. The molecule has 1 aromatic rings. The summed E-state index contributed by atoms with van der Waals surface area (Å²) in [5.41, 5.74) is -1.16. The van der Waals surface area contributed by atoms with E-state index in [1.165, 1.54) is 12.1 Å². The topological polar surface area (TPSA) is 70.2 Å². The Kier molecular flexibility index (Phi) is 7.32. The van der Waals surface area contributed by atoms with E-state index in [-0.39, 0.29) is 31.0 Å². The van der Waals surface area contributed by atoms with Crippen molar-refractivity contribution in [2.24, 2.45) is 5.92 Å². The van der Waals surface area contributed by atoms with Gasteiger partial charge in [0.05, 0.1) is 16.6 Å². The number of ether oxygens (including phenoxy) is 1. The van der Waals surface area contributed by atoms with Crippen molar-refractivity contribution in [2.75, 3.05) is 52.4 Å². The summed E-state index contributed by atoms with van der Waals surface area (Å²) >= 11 is 0. The van der Waals surface area contributed by atoms with Crippen molar-refractivity contribution < 1.29 is 31.1 Å². The van der Waals surface area contributed by atoms with Gasteiger partial charge in [-0.1, -0.05) is 12.1 Å². The van der Waals surface area contributed by atoms with E-state index in [1.54, 1.807) is 0 Å². The minimum atomic E-state index is -4.76. The number of carbonyl (C=O) groups is 1. The van der Waals surface area contributed by atoms with E-state index in [9.17, 15) is 26.4 Å². The number of hydrogen-bond acceptors (Lipinski definition) is 5. The summed E-state index contributed by atoms with van der Waals surface area (Å²) in [6.07, 6.45) is -1.69. The van der Waals surface area contributed by atoms with Gasteiger partial charge in [-0.3, -0.25) is 9.69 Å². The van der Waals surface area contributed by atoms with Gasteiger partial charge in [-0.25, -0.2) is 8.42 Å². The number of rotatable bonds is 5. The van der Waals surface area contributed by atoms with Crippen LogP contribution in [0.4, 0.5) is 13.2 Å². The highest BCUT2D eigenvalue weighted by molar-refractivity contribution is 7.89. The average Bonchev–Trinajstić information content (AvgIpc) is 3.32. The highest BCUT2D eigenvalue weighted by Crippen LogP contribution is 2.36. The Balaban J connectivity index is 1.31. The van der Waals surface area contributed by atoms with Crippen LogP contribution in [0.1, 0.15) is 31.2 Å². The molecule has 1 amide bonds. The van der Waals surface area contributed by atoms with Crippen LogP contribution in [0, 0.1) is 5.92 Å². The number of alkyl halides is 3. The van der Waals surface area contributed by atoms with Crippen molar-refractivity contribution in [2.45, 2.75) is 42.9 Å². The lowest BCUT2D eigenvalue weighted by Crippen LogP contribution is -2.53. The van der Waals surface area contributed by atoms with Gasteiger partial charge in [0.1, 0.15) is 0 Å². The number of piperazine rings is 1. The van der Waals surface area contributed by atoms with Gasteiger partial charge in [0.25, 0.3) is 0 Å². The Morgan fingerprint density at radius 3 is 2.27 bits per heavy atom. The van der Waals surface area contributed by atoms with Gasteiger partial charge in [0.2, 0.25) is 15.9 Å². The molecule has 0 radical (unpaired) electrons. The molecule has 1 unspecified atom stereocenters. The molecule has 33 heavy (non-hydrogen) atoms. The van der Waals surface area contributed by atoms with Crippen LogP contribution in [-0.2, 0) is 25.7 Å². The summed E-state index contributed by atoms with van der Waals surface area (Å²) in [6.45, 7) is 4.59. The molecule has 0 bridgehead atoms. The van der Waals surface area contributed by atoms with Crippen molar-refractivity contribution in [1.29, 1.82) is 0 Å². The first-order chi connectivity index (χ1) is 15.7. The number of nitrogens with zero attached hydrogens (tertiary/aromatic N) is 3. The molecule has 3 saturated heterocycles. The predicted octanol–water partition coefficient (Wildman–Crippen LogP) is 2.43. The Labute approximate surface area is 192 Å². The summed E-state index contributed by atoms with van der Waals surface area (Å²) in [5.74, 6) is -0.293. The van der Waals surface area contributed by atoms with Crippen LogP contribution in [0.25, 0.3) is 0 Å². The van der Waals surface area contributed by atoms with Crippen molar-refractivity contribution in [1.82, 2.24) is 14.1 Å². The van der Waals surface area contributed by atoms with Crippen molar-refractivity contribution in [3.8, 4) is 0 Å². The van der Waals surface area contributed by atoms with E-state index in [0.717, 1.165) is 55.5 Å². The largest absolute Gasteiger partial charge is 0.417 e. The van der Waals surface area contributed by atoms with Crippen LogP contribution in [0.3, 0.4) is 0 Å². The summed E-state index contributed by atoms with van der Waals surface area (Å²) < 4.78 is 72.6. The minimum absolute atomic E-state index is 0.0134. The zero-order valence-corrected chi connectivity index (χ0v) is 19.3. The molecule has 184 valence electrons. The second-order valence-corrected chi connectivity index (χ2v) is 10.8. The van der Waals surface area contributed by atoms with Crippen LogP contribution in [0.2, 0.25) is 0 Å². The third-order valence-electron chi connectivity index (χ3n) is 6.78. The zero-order valence-electron chi connectivity index (χ0n) is 18.5. The molecule has 3 aliphatic rings. The second-order valence-electron chi connectivity index (χ2n) is 8.93. The molecule has 1 aromatic carbocycles. The third kappa shape index (κ3) is 5.52. The van der Waals surface area contributed by atoms with E-state index in [4.69, 9.17) is 4.74 Å².